The van der Waals surface area contributed by atoms with Gasteiger partial charge in [-0.25, -0.2) is 0 Å². The molecule has 0 radical (unpaired) electrons. The molecule has 2 aromatic heterocycles. The van der Waals surface area contributed by atoms with Crippen LogP contribution in [0.25, 0.3) is 26.9 Å². The molecule has 9 nitrogen and oxygen atoms in total. The van der Waals surface area contributed by atoms with E-state index in [1.807, 2.05) is 24.3 Å². The fourth-order valence-electron chi connectivity index (χ4n) is 2.64. The third-order valence-electron chi connectivity index (χ3n) is 3.94. The summed E-state index contributed by atoms with van der Waals surface area (Å²) in [5.74, 6) is 1.46. The SMILES string of the molecule is COc1cccc(-c2nnc3sc(-c4ccc(OC)c([N+](=O)[O-])c4)nn23)c1. The zero-order valence-corrected chi connectivity index (χ0v) is 15.1. The highest BCUT2D eigenvalue weighted by molar-refractivity contribution is 7.19. The smallest absolute Gasteiger partial charge is 0.311 e. The third-order valence-corrected chi connectivity index (χ3v) is 4.89. The summed E-state index contributed by atoms with van der Waals surface area (Å²) in [6.07, 6.45) is 0. The molecule has 0 atom stereocenters. The maximum Gasteiger partial charge on any atom is 0.311 e. The van der Waals surface area contributed by atoms with Crippen molar-refractivity contribution in [1.29, 1.82) is 0 Å². The molecule has 0 saturated heterocycles. The number of nitro groups is 1. The first kappa shape index (κ1) is 16.9. The molecule has 0 saturated carbocycles. The molecule has 136 valence electrons. The molecule has 0 unspecified atom stereocenters. The third kappa shape index (κ3) is 2.95. The average Bonchev–Trinajstić information content (AvgIpc) is 3.28. The topological polar surface area (TPSA) is 105 Å². The Balaban J connectivity index is 1.80. The molecule has 4 rings (SSSR count). The Morgan fingerprint density at radius 1 is 1.07 bits per heavy atom. The molecule has 0 fully saturated rings. The molecule has 0 aliphatic rings. The van der Waals surface area contributed by atoms with Gasteiger partial charge < -0.3 is 9.47 Å². The Kier molecular flexibility index (Phi) is 4.16. The van der Waals surface area contributed by atoms with E-state index in [1.54, 1.807) is 23.8 Å². The Bertz CT molecular complexity index is 1150. The van der Waals surface area contributed by atoms with Gasteiger partial charge in [0, 0.05) is 17.2 Å². The molecule has 0 bridgehead atoms. The van der Waals surface area contributed by atoms with Gasteiger partial charge in [-0.2, -0.15) is 9.61 Å². The first-order valence-corrected chi connectivity index (χ1v) is 8.62. The van der Waals surface area contributed by atoms with E-state index in [4.69, 9.17) is 9.47 Å². The number of hydrogen-bond acceptors (Lipinski definition) is 8. The summed E-state index contributed by atoms with van der Waals surface area (Å²) >= 11 is 1.29. The van der Waals surface area contributed by atoms with Crippen LogP contribution in [-0.2, 0) is 0 Å². The molecular formula is C17H13N5O4S. The standard InChI is InChI=1S/C17H13N5O4S/c1-25-12-5-3-4-10(8-12)15-18-19-17-21(15)20-16(27-17)11-6-7-14(26-2)13(9-11)22(23)24/h3-9H,1-2H3. The van der Waals surface area contributed by atoms with Crippen molar-refractivity contribution in [2.45, 2.75) is 0 Å². The Morgan fingerprint density at radius 3 is 2.67 bits per heavy atom. The molecule has 2 heterocycles. The minimum Gasteiger partial charge on any atom is -0.497 e. The van der Waals surface area contributed by atoms with Crippen molar-refractivity contribution in [3.8, 4) is 33.5 Å². The van der Waals surface area contributed by atoms with Gasteiger partial charge in [-0.3, -0.25) is 10.1 Å². The fraction of sp³-hybridized carbons (Fsp3) is 0.118. The molecule has 0 amide bonds. The van der Waals surface area contributed by atoms with E-state index in [-0.39, 0.29) is 11.4 Å². The van der Waals surface area contributed by atoms with E-state index in [9.17, 15) is 10.1 Å². The predicted octanol–water partition coefficient (Wildman–Crippen LogP) is 3.45. The van der Waals surface area contributed by atoms with E-state index >= 15 is 0 Å². The fourth-order valence-corrected chi connectivity index (χ4v) is 3.48. The van der Waals surface area contributed by atoms with E-state index in [0.29, 0.717) is 27.1 Å². The highest BCUT2D eigenvalue weighted by Crippen LogP contribution is 2.34. The number of ether oxygens (including phenoxy) is 2. The minimum atomic E-state index is -0.482. The number of nitro benzene ring substituents is 1. The number of hydrogen-bond donors (Lipinski definition) is 0. The van der Waals surface area contributed by atoms with Gasteiger partial charge in [-0.15, -0.1) is 10.2 Å². The van der Waals surface area contributed by atoms with Crippen molar-refractivity contribution in [3.63, 3.8) is 0 Å². The van der Waals surface area contributed by atoms with Crippen LogP contribution in [0.1, 0.15) is 0 Å². The maximum atomic E-state index is 11.3. The van der Waals surface area contributed by atoms with Gasteiger partial charge in [-0.05, 0) is 24.3 Å². The van der Waals surface area contributed by atoms with Gasteiger partial charge in [0.2, 0.25) is 4.96 Å². The van der Waals surface area contributed by atoms with E-state index < -0.39 is 4.92 Å². The van der Waals surface area contributed by atoms with Crippen LogP contribution in [-0.4, -0.2) is 39.0 Å². The molecule has 27 heavy (non-hydrogen) atoms. The summed E-state index contributed by atoms with van der Waals surface area (Å²) in [6.45, 7) is 0. The Morgan fingerprint density at radius 2 is 1.93 bits per heavy atom. The van der Waals surface area contributed by atoms with Gasteiger partial charge in [-0.1, -0.05) is 23.5 Å². The maximum absolute atomic E-state index is 11.3. The quantitative estimate of drug-likeness (QED) is 0.384. The van der Waals surface area contributed by atoms with Gasteiger partial charge in [0.1, 0.15) is 10.8 Å². The first-order chi connectivity index (χ1) is 13.1. The lowest BCUT2D eigenvalue weighted by molar-refractivity contribution is -0.385. The van der Waals surface area contributed by atoms with Crippen LogP contribution in [0.4, 0.5) is 5.69 Å². The van der Waals surface area contributed by atoms with Crippen LogP contribution in [0.3, 0.4) is 0 Å². The molecule has 2 aromatic carbocycles. The van der Waals surface area contributed by atoms with Crippen LogP contribution in [0.2, 0.25) is 0 Å². The lowest BCUT2D eigenvalue weighted by Gasteiger charge is -2.03. The number of aromatic nitrogens is 4. The predicted molar refractivity (Wildman–Crippen MR) is 99.3 cm³/mol. The van der Waals surface area contributed by atoms with Crippen LogP contribution >= 0.6 is 11.3 Å². The first-order valence-electron chi connectivity index (χ1n) is 7.80. The lowest BCUT2D eigenvalue weighted by Crippen LogP contribution is -1.95. The van der Waals surface area contributed by atoms with Crippen LogP contribution < -0.4 is 9.47 Å². The molecule has 0 aliphatic carbocycles. The van der Waals surface area contributed by atoms with E-state index in [2.05, 4.69) is 15.3 Å². The number of benzene rings is 2. The Hall–Kier alpha value is -3.53. The van der Waals surface area contributed by atoms with Gasteiger partial charge >= 0.3 is 5.69 Å². The van der Waals surface area contributed by atoms with Gasteiger partial charge in [0.15, 0.2) is 11.6 Å². The summed E-state index contributed by atoms with van der Waals surface area (Å²) in [5.41, 5.74) is 1.29. The number of methoxy groups -OCH3 is 2. The summed E-state index contributed by atoms with van der Waals surface area (Å²) in [6, 6.07) is 12.1. The second-order valence-electron chi connectivity index (χ2n) is 5.50. The number of rotatable bonds is 5. The molecular weight excluding hydrogens is 370 g/mol. The van der Waals surface area contributed by atoms with E-state index in [1.165, 1.54) is 24.5 Å². The number of nitrogens with zero attached hydrogens (tertiary/aromatic N) is 5. The average molecular weight is 383 g/mol. The van der Waals surface area contributed by atoms with Crippen molar-refractivity contribution in [3.05, 3.63) is 52.6 Å². The molecule has 0 N–H and O–H groups in total. The van der Waals surface area contributed by atoms with Gasteiger partial charge in [0.25, 0.3) is 0 Å². The highest BCUT2D eigenvalue weighted by Gasteiger charge is 2.19. The van der Waals surface area contributed by atoms with Crippen molar-refractivity contribution < 1.29 is 14.4 Å². The van der Waals surface area contributed by atoms with Crippen molar-refractivity contribution in [1.82, 2.24) is 19.8 Å². The zero-order valence-electron chi connectivity index (χ0n) is 14.3. The summed E-state index contributed by atoms with van der Waals surface area (Å²) < 4.78 is 11.9. The second-order valence-corrected chi connectivity index (χ2v) is 6.46. The van der Waals surface area contributed by atoms with Crippen LogP contribution in [0.15, 0.2) is 42.5 Å². The van der Waals surface area contributed by atoms with Crippen molar-refractivity contribution in [2.24, 2.45) is 0 Å². The molecule has 4 aromatic rings. The van der Waals surface area contributed by atoms with Gasteiger partial charge in [0.05, 0.1) is 19.1 Å². The van der Waals surface area contributed by atoms with Crippen LogP contribution in [0, 0.1) is 10.1 Å². The van der Waals surface area contributed by atoms with Crippen LogP contribution in [0.5, 0.6) is 11.5 Å². The second kappa shape index (κ2) is 6.65. The van der Waals surface area contributed by atoms with Crippen molar-refractivity contribution in [2.75, 3.05) is 14.2 Å². The Labute approximate surface area is 157 Å². The van der Waals surface area contributed by atoms with E-state index in [0.717, 1.165) is 5.56 Å². The summed E-state index contributed by atoms with van der Waals surface area (Å²) in [7, 11) is 2.99. The minimum absolute atomic E-state index is 0.117. The number of fused-ring (bicyclic) bond motifs is 1. The largest absolute Gasteiger partial charge is 0.497 e. The zero-order chi connectivity index (χ0) is 19.0. The summed E-state index contributed by atoms with van der Waals surface area (Å²) in [5, 5.41) is 24.7. The lowest BCUT2D eigenvalue weighted by atomic mass is 10.2. The molecule has 0 spiro atoms. The molecule has 10 heteroatoms. The van der Waals surface area contributed by atoms with Crippen molar-refractivity contribution >= 4 is 22.0 Å². The summed E-state index contributed by atoms with van der Waals surface area (Å²) in [4.78, 5) is 11.4. The monoisotopic (exact) mass is 383 g/mol. The normalized spacial score (nSPS) is 10.9. The highest BCUT2D eigenvalue weighted by atomic mass is 32.1. The molecule has 0 aliphatic heterocycles.